The second-order valence-corrected chi connectivity index (χ2v) is 14.5. The van der Waals surface area contributed by atoms with Gasteiger partial charge >= 0.3 is 13.7 Å². The van der Waals surface area contributed by atoms with E-state index in [2.05, 4.69) is 28.8 Å². The number of nitriles is 1. The van der Waals surface area contributed by atoms with Gasteiger partial charge in [0.25, 0.3) is 0 Å². The molecule has 3 aromatic carbocycles. The van der Waals surface area contributed by atoms with E-state index in [-0.39, 0.29) is 46.0 Å². The van der Waals surface area contributed by atoms with Crippen molar-refractivity contribution in [3.63, 3.8) is 0 Å². The van der Waals surface area contributed by atoms with Crippen molar-refractivity contribution in [1.82, 2.24) is 5.32 Å². The minimum absolute atomic E-state index is 0.0561. The first kappa shape index (κ1) is 35.7. The molecule has 1 aromatic heterocycles. The number of hydrogen-bond acceptors (Lipinski definition) is 9. The molecule has 0 fully saturated rings. The number of benzene rings is 3. The van der Waals surface area contributed by atoms with Gasteiger partial charge in [-0.05, 0) is 56.9 Å². The third-order valence-electron chi connectivity index (χ3n) is 7.66. The summed E-state index contributed by atoms with van der Waals surface area (Å²) in [5.74, 6) is -0.894. The van der Waals surface area contributed by atoms with Crippen molar-refractivity contribution < 1.29 is 32.4 Å². The number of fused-ring (bicyclic) bond motifs is 3. The van der Waals surface area contributed by atoms with Gasteiger partial charge in [0.15, 0.2) is 5.76 Å². The first-order chi connectivity index (χ1) is 23.4. The Bertz CT molecular complexity index is 1950. The van der Waals surface area contributed by atoms with E-state index in [1.807, 2.05) is 36.4 Å². The van der Waals surface area contributed by atoms with E-state index in [4.69, 9.17) is 30.4 Å². The lowest BCUT2D eigenvalue weighted by Crippen LogP contribution is -2.36. The first-order valence-electron chi connectivity index (χ1n) is 16.0. The SMILES string of the molecule is CC(C)OP(=O)(OC(C)C)c1c(NC(=O)C[C@H](C)NC(=O)OCC2c3ccccc3-c3ccccc32)oc(-c2ccccc2)c(C#N)c1=S. The Balaban J connectivity index is 1.35. The normalized spacial score (nSPS) is 13.0. The van der Waals surface area contributed by atoms with E-state index in [9.17, 15) is 19.4 Å². The van der Waals surface area contributed by atoms with Gasteiger partial charge in [0.2, 0.25) is 11.8 Å². The van der Waals surface area contributed by atoms with Crippen LogP contribution >= 0.6 is 19.8 Å². The topological polar surface area (TPSA) is 140 Å². The largest absolute Gasteiger partial charge is 0.449 e. The molecule has 12 heteroatoms. The summed E-state index contributed by atoms with van der Waals surface area (Å²) in [4.78, 5) is 26.3. The summed E-state index contributed by atoms with van der Waals surface area (Å²) >= 11 is 5.70. The number of rotatable bonds is 12. The van der Waals surface area contributed by atoms with E-state index in [1.165, 1.54) is 0 Å². The molecule has 1 atom stereocenters. The van der Waals surface area contributed by atoms with E-state index in [0.717, 1.165) is 22.3 Å². The van der Waals surface area contributed by atoms with Gasteiger partial charge in [0, 0.05) is 23.9 Å². The summed E-state index contributed by atoms with van der Waals surface area (Å²) in [5, 5.41) is 15.3. The van der Waals surface area contributed by atoms with Crippen LogP contribution in [-0.2, 0) is 23.1 Å². The Morgan fingerprint density at radius 3 is 2.00 bits per heavy atom. The van der Waals surface area contributed by atoms with Crippen LogP contribution in [0.5, 0.6) is 0 Å². The molecule has 0 saturated heterocycles. The minimum Gasteiger partial charge on any atom is -0.449 e. The zero-order valence-electron chi connectivity index (χ0n) is 27.9. The van der Waals surface area contributed by atoms with Gasteiger partial charge in [-0.3, -0.25) is 14.7 Å². The third kappa shape index (κ3) is 8.01. The van der Waals surface area contributed by atoms with E-state index in [1.54, 1.807) is 65.0 Å². The van der Waals surface area contributed by atoms with Crippen molar-refractivity contribution in [2.45, 2.75) is 65.2 Å². The van der Waals surface area contributed by atoms with Crippen LogP contribution in [0.2, 0.25) is 0 Å². The van der Waals surface area contributed by atoms with Crippen molar-refractivity contribution in [1.29, 1.82) is 5.26 Å². The molecule has 4 aromatic rings. The van der Waals surface area contributed by atoms with Crippen molar-refractivity contribution in [2.75, 3.05) is 11.9 Å². The van der Waals surface area contributed by atoms with Crippen LogP contribution in [0, 0.1) is 15.8 Å². The lowest BCUT2D eigenvalue weighted by Gasteiger charge is -2.25. The highest BCUT2D eigenvalue weighted by molar-refractivity contribution is 7.73. The Hall–Kier alpha value is -4.59. The van der Waals surface area contributed by atoms with E-state index >= 15 is 0 Å². The molecule has 49 heavy (non-hydrogen) atoms. The maximum absolute atomic E-state index is 14.4. The molecule has 5 rings (SSSR count). The molecule has 0 bridgehead atoms. The lowest BCUT2D eigenvalue weighted by atomic mass is 9.98. The number of anilines is 1. The fraction of sp³-hybridized carbons (Fsp3) is 0.297. The van der Waals surface area contributed by atoms with Gasteiger partial charge in [0.05, 0.1) is 16.7 Å². The fourth-order valence-corrected chi connectivity index (χ4v) is 8.44. The van der Waals surface area contributed by atoms with Crippen LogP contribution in [0.25, 0.3) is 22.5 Å². The summed E-state index contributed by atoms with van der Waals surface area (Å²) in [7, 11) is -4.24. The molecule has 2 amide bonds. The predicted octanol–water partition coefficient (Wildman–Crippen LogP) is 8.47. The zero-order valence-corrected chi connectivity index (χ0v) is 29.6. The number of carbonyl (C=O) groups is 2. The van der Waals surface area contributed by atoms with Crippen molar-refractivity contribution in [3.8, 4) is 28.5 Å². The monoisotopic (exact) mass is 699 g/mol. The summed E-state index contributed by atoms with van der Waals surface area (Å²) in [6.45, 7) is 8.48. The molecule has 254 valence electrons. The number of nitrogens with one attached hydrogen (secondary N) is 2. The Morgan fingerprint density at radius 1 is 0.898 bits per heavy atom. The van der Waals surface area contributed by atoms with Crippen LogP contribution in [0.3, 0.4) is 0 Å². The van der Waals surface area contributed by atoms with Crippen molar-refractivity contribution in [3.05, 3.63) is 100 Å². The van der Waals surface area contributed by atoms with Gasteiger partial charge in [-0.15, -0.1) is 0 Å². The number of hydrogen-bond donors (Lipinski definition) is 2. The second-order valence-electron chi connectivity index (χ2n) is 12.2. The molecule has 0 unspecified atom stereocenters. The van der Waals surface area contributed by atoms with E-state index < -0.39 is 37.8 Å². The molecule has 0 spiro atoms. The quantitative estimate of drug-likeness (QED) is 0.110. The fourth-order valence-electron chi connectivity index (χ4n) is 5.79. The van der Waals surface area contributed by atoms with Gasteiger partial charge in [-0.25, -0.2) is 4.79 Å². The number of amides is 2. The van der Waals surface area contributed by atoms with Gasteiger partial charge in [0.1, 0.15) is 23.5 Å². The summed E-state index contributed by atoms with van der Waals surface area (Å²) in [6, 6.07) is 26.2. The standard InChI is InChI=1S/C37H38N3O7PS/c1-22(2)46-48(43,47-23(3)4)34-35(49)30(20-38)33(25-13-7-6-8-14-25)45-36(34)40-32(41)19-24(5)39-37(42)44-21-31-28-17-11-9-15-26(28)27-16-10-12-18-29(27)31/h6-18,22-24,31H,19,21H2,1-5H3,(H,39,42)(H,40,41)/t24-/m0/s1. The molecule has 1 heterocycles. The smallest absolute Gasteiger partial charge is 0.407 e. The van der Waals surface area contributed by atoms with Crippen molar-refractivity contribution >= 4 is 43.0 Å². The number of carbonyl (C=O) groups excluding carboxylic acids is 2. The third-order valence-corrected chi connectivity index (χ3v) is 10.6. The lowest BCUT2D eigenvalue weighted by molar-refractivity contribution is -0.116. The molecule has 1 aliphatic carbocycles. The summed E-state index contributed by atoms with van der Waals surface area (Å²) in [5.41, 5.74) is 4.86. The highest BCUT2D eigenvalue weighted by Crippen LogP contribution is 2.52. The number of alkyl carbamates (subject to hydrolysis) is 1. The average molecular weight is 700 g/mol. The molecule has 2 N–H and O–H groups in total. The van der Waals surface area contributed by atoms with Crippen LogP contribution in [0.15, 0.2) is 83.3 Å². The maximum atomic E-state index is 14.4. The highest BCUT2D eigenvalue weighted by atomic mass is 32.1. The van der Waals surface area contributed by atoms with Gasteiger partial charge in [-0.2, -0.15) is 5.26 Å². The molecule has 1 aliphatic rings. The van der Waals surface area contributed by atoms with Crippen LogP contribution in [0.1, 0.15) is 63.6 Å². The molecule has 10 nitrogen and oxygen atoms in total. The number of ether oxygens (including phenoxy) is 1. The predicted molar refractivity (Wildman–Crippen MR) is 190 cm³/mol. The van der Waals surface area contributed by atoms with E-state index in [0.29, 0.717) is 5.56 Å². The Morgan fingerprint density at radius 2 is 1.45 bits per heavy atom. The first-order valence-corrected chi connectivity index (χ1v) is 17.9. The molecule has 0 radical (unpaired) electrons. The van der Waals surface area contributed by atoms with Gasteiger partial charge < -0.3 is 23.5 Å². The summed E-state index contributed by atoms with van der Waals surface area (Å²) < 4.78 is 37.6. The second kappa shape index (κ2) is 15.3. The molecule has 0 aliphatic heterocycles. The summed E-state index contributed by atoms with van der Waals surface area (Å²) in [6.07, 6.45) is -2.01. The van der Waals surface area contributed by atoms with Crippen LogP contribution < -0.4 is 15.9 Å². The zero-order chi connectivity index (χ0) is 35.3. The van der Waals surface area contributed by atoms with Crippen LogP contribution in [-0.4, -0.2) is 36.9 Å². The number of nitrogens with zero attached hydrogens (tertiary/aromatic N) is 1. The Labute approximate surface area is 290 Å². The maximum Gasteiger partial charge on any atom is 0.407 e. The highest BCUT2D eigenvalue weighted by Gasteiger charge is 2.39. The van der Waals surface area contributed by atoms with Crippen molar-refractivity contribution in [2.24, 2.45) is 0 Å². The van der Waals surface area contributed by atoms with Crippen LogP contribution in [0.4, 0.5) is 10.7 Å². The minimum atomic E-state index is -4.24. The molecular formula is C37H38N3O7PS. The molecule has 0 saturated carbocycles. The van der Waals surface area contributed by atoms with Gasteiger partial charge in [-0.1, -0.05) is 91.1 Å². The molecular weight excluding hydrogens is 661 g/mol. The average Bonchev–Trinajstić information content (AvgIpc) is 3.36. The Kier molecular flexibility index (Phi) is 11.2.